The molecule has 0 spiro atoms. The maximum atomic E-state index is 13.3. The zero-order valence-corrected chi connectivity index (χ0v) is 12.2. The van der Waals surface area contributed by atoms with Gasteiger partial charge in [0.1, 0.15) is 5.82 Å². The number of aryl methyl sites for hydroxylation is 1. The van der Waals surface area contributed by atoms with Crippen LogP contribution in [-0.4, -0.2) is 5.38 Å². The Morgan fingerprint density at radius 1 is 1.38 bits per heavy atom. The first kappa shape index (κ1) is 14.0. The van der Waals surface area contributed by atoms with Crippen molar-refractivity contribution in [3.05, 3.63) is 34.1 Å². The normalized spacial score (nSPS) is 13.9. The van der Waals surface area contributed by atoms with E-state index in [0.717, 1.165) is 18.4 Å². The maximum absolute atomic E-state index is 13.3. The van der Waals surface area contributed by atoms with Crippen molar-refractivity contribution in [2.24, 2.45) is 5.41 Å². The Bertz CT molecular complexity index is 357. The molecule has 0 saturated heterocycles. The zero-order valence-electron chi connectivity index (χ0n) is 9.86. The molecular weight excluding hydrogens is 290 g/mol. The number of halogens is 3. The molecule has 0 aliphatic heterocycles. The van der Waals surface area contributed by atoms with Gasteiger partial charge in [0.15, 0.2) is 0 Å². The van der Waals surface area contributed by atoms with Crippen LogP contribution in [-0.2, 0) is 6.42 Å². The van der Waals surface area contributed by atoms with E-state index in [-0.39, 0.29) is 16.6 Å². The van der Waals surface area contributed by atoms with Crippen LogP contribution in [0.3, 0.4) is 0 Å². The summed E-state index contributed by atoms with van der Waals surface area (Å²) >= 11 is 9.55. The second-order valence-corrected chi connectivity index (χ2v) is 6.41. The summed E-state index contributed by atoms with van der Waals surface area (Å²) in [4.78, 5) is 0. The Hall–Kier alpha value is -0.0800. The predicted molar refractivity (Wildman–Crippen MR) is 71.5 cm³/mol. The lowest BCUT2D eigenvalue weighted by Crippen LogP contribution is -2.21. The SMILES string of the molecule is CC(C)(C)C(Cl)CCc1cccc(F)c1Br. The first-order valence-corrected chi connectivity index (χ1v) is 6.62. The van der Waals surface area contributed by atoms with Crippen molar-refractivity contribution in [3.8, 4) is 0 Å². The highest BCUT2D eigenvalue weighted by Crippen LogP contribution is 2.29. The first-order valence-electron chi connectivity index (χ1n) is 5.39. The van der Waals surface area contributed by atoms with Gasteiger partial charge in [0.05, 0.1) is 4.47 Å². The van der Waals surface area contributed by atoms with Gasteiger partial charge >= 0.3 is 0 Å². The standard InChI is InChI=1S/C13H17BrClF/c1-13(2,3)11(15)8-7-9-5-4-6-10(16)12(9)14/h4-6,11H,7-8H2,1-3H3. The molecule has 0 N–H and O–H groups in total. The predicted octanol–water partition coefficient (Wildman–Crippen LogP) is 5.17. The van der Waals surface area contributed by atoms with Crippen molar-refractivity contribution in [1.82, 2.24) is 0 Å². The van der Waals surface area contributed by atoms with Crippen LogP contribution >= 0.6 is 27.5 Å². The van der Waals surface area contributed by atoms with Gasteiger partial charge in [-0.05, 0) is 45.8 Å². The monoisotopic (exact) mass is 306 g/mol. The van der Waals surface area contributed by atoms with Gasteiger partial charge in [-0.15, -0.1) is 11.6 Å². The fourth-order valence-electron chi connectivity index (χ4n) is 1.46. The van der Waals surface area contributed by atoms with Gasteiger partial charge in [0, 0.05) is 5.38 Å². The van der Waals surface area contributed by atoms with Crippen molar-refractivity contribution in [1.29, 1.82) is 0 Å². The minimum atomic E-state index is -0.209. The summed E-state index contributed by atoms with van der Waals surface area (Å²) in [5.74, 6) is -0.209. The molecule has 0 bridgehead atoms. The Labute approximate surface area is 110 Å². The fourth-order valence-corrected chi connectivity index (χ4v) is 2.03. The van der Waals surface area contributed by atoms with E-state index in [1.807, 2.05) is 6.07 Å². The quantitative estimate of drug-likeness (QED) is 0.675. The average molecular weight is 308 g/mol. The van der Waals surface area contributed by atoms with E-state index in [4.69, 9.17) is 11.6 Å². The number of benzene rings is 1. The van der Waals surface area contributed by atoms with E-state index in [1.165, 1.54) is 6.07 Å². The first-order chi connectivity index (χ1) is 7.32. The maximum Gasteiger partial charge on any atom is 0.137 e. The van der Waals surface area contributed by atoms with Gasteiger partial charge in [-0.3, -0.25) is 0 Å². The number of alkyl halides is 1. The topological polar surface area (TPSA) is 0 Å². The lowest BCUT2D eigenvalue weighted by molar-refractivity contribution is 0.374. The van der Waals surface area contributed by atoms with Crippen molar-refractivity contribution in [3.63, 3.8) is 0 Å². The van der Waals surface area contributed by atoms with Crippen molar-refractivity contribution >= 4 is 27.5 Å². The highest BCUT2D eigenvalue weighted by atomic mass is 79.9. The molecule has 16 heavy (non-hydrogen) atoms. The Morgan fingerprint density at radius 3 is 2.56 bits per heavy atom. The molecule has 0 nitrogen and oxygen atoms in total. The van der Waals surface area contributed by atoms with Crippen LogP contribution in [0.25, 0.3) is 0 Å². The minimum absolute atomic E-state index is 0.0847. The zero-order chi connectivity index (χ0) is 12.3. The molecule has 0 amide bonds. The number of hydrogen-bond donors (Lipinski definition) is 0. The fraction of sp³-hybridized carbons (Fsp3) is 0.538. The van der Waals surface area contributed by atoms with Gasteiger partial charge in [-0.25, -0.2) is 4.39 Å². The third-order valence-electron chi connectivity index (χ3n) is 2.64. The summed E-state index contributed by atoms with van der Waals surface area (Å²) in [5, 5.41) is 0.0997. The second-order valence-electron chi connectivity index (χ2n) is 5.09. The third kappa shape index (κ3) is 3.74. The Balaban J connectivity index is 2.65. The van der Waals surface area contributed by atoms with Crippen LogP contribution in [0.1, 0.15) is 32.8 Å². The lowest BCUT2D eigenvalue weighted by atomic mass is 9.88. The van der Waals surface area contributed by atoms with Crippen molar-refractivity contribution in [2.75, 3.05) is 0 Å². The highest BCUT2D eigenvalue weighted by molar-refractivity contribution is 9.10. The molecule has 1 atom stereocenters. The average Bonchev–Trinajstić information content (AvgIpc) is 2.18. The number of hydrogen-bond acceptors (Lipinski definition) is 0. The van der Waals surface area contributed by atoms with Crippen LogP contribution in [0.15, 0.2) is 22.7 Å². The van der Waals surface area contributed by atoms with E-state index in [2.05, 4.69) is 36.7 Å². The number of rotatable bonds is 3. The summed E-state index contributed by atoms with van der Waals surface area (Å²) in [6.45, 7) is 6.35. The molecule has 1 aromatic rings. The highest BCUT2D eigenvalue weighted by Gasteiger charge is 2.22. The Kier molecular flexibility index (Phi) is 4.81. The van der Waals surface area contributed by atoms with Crippen LogP contribution in [0.2, 0.25) is 0 Å². The van der Waals surface area contributed by atoms with Crippen LogP contribution in [0.4, 0.5) is 4.39 Å². The van der Waals surface area contributed by atoms with E-state index in [9.17, 15) is 4.39 Å². The molecule has 1 aromatic carbocycles. The molecule has 0 heterocycles. The molecule has 0 fully saturated rings. The van der Waals surface area contributed by atoms with Crippen LogP contribution in [0.5, 0.6) is 0 Å². The van der Waals surface area contributed by atoms with Crippen LogP contribution < -0.4 is 0 Å². The molecular formula is C13H17BrClF. The molecule has 0 saturated carbocycles. The van der Waals surface area contributed by atoms with E-state index < -0.39 is 0 Å². The summed E-state index contributed by atoms with van der Waals surface area (Å²) in [7, 11) is 0. The largest absolute Gasteiger partial charge is 0.206 e. The molecule has 3 heteroatoms. The molecule has 0 aromatic heterocycles. The summed E-state index contributed by atoms with van der Waals surface area (Å²) in [5.41, 5.74) is 1.07. The van der Waals surface area contributed by atoms with Crippen molar-refractivity contribution in [2.45, 2.75) is 39.0 Å². The van der Waals surface area contributed by atoms with E-state index >= 15 is 0 Å². The molecule has 1 unspecified atom stereocenters. The molecule has 90 valence electrons. The van der Waals surface area contributed by atoms with E-state index in [0.29, 0.717) is 4.47 Å². The third-order valence-corrected chi connectivity index (χ3v) is 4.40. The lowest BCUT2D eigenvalue weighted by Gasteiger charge is -2.25. The van der Waals surface area contributed by atoms with Gasteiger partial charge < -0.3 is 0 Å². The van der Waals surface area contributed by atoms with E-state index in [1.54, 1.807) is 6.07 Å². The Morgan fingerprint density at radius 2 is 2.00 bits per heavy atom. The van der Waals surface area contributed by atoms with Gasteiger partial charge in [0.25, 0.3) is 0 Å². The smallest absolute Gasteiger partial charge is 0.137 e. The summed E-state index contributed by atoms with van der Waals surface area (Å²) in [6.07, 6.45) is 1.65. The van der Waals surface area contributed by atoms with Crippen molar-refractivity contribution < 1.29 is 4.39 Å². The van der Waals surface area contributed by atoms with Crippen LogP contribution in [0, 0.1) is 11.2 Å². The second kappa shape index (κ2) is 5.50. The molecule has 0 aliphatic rings. The van der Waals surface area contributed by atoms with Gasteiger partial charge in [0.2, 0.25) is 0 Å². The van der Waals surface area contributed by atoms with Gasteiger partial charge in [-0.1, -0.05) is 32.9 Å². The van der Waals surface area contributed by atoms with Gasteiger partial charge in [-0.2, -0.15) is 0 Å². The summed E-state index contributed by atoms with van der Waals surface area (Å²) in [6, 6.07) is 5.12. The molecule has 1 rings (SSSR count). The summed E-state index contributed by atoms with van der Waals surface area (Å²) < 4.78 is 13.8. The minimum Gasteiger partial charge on any atom is -0.206 e. The molecule has 0 radical (unpaired) electrons. The molecule has 0 aliphatic carbocycles.